The maximum Gasteiger partial charge on any atom is 0.328 e. The van der Waals surface area contributed by atoms with Gasteiger partial charge in [0.2, 0.25) is 11.0 Å². The molecule has 1 aliphatic rings. The zero-order valence-corrected chi connectivity index (χ0v) is 18.1. The summed E-state index contributed by atoms with van der Waals surface area (Å²) in [6.45, 7) is 0. The molecule has 0 fully saturated rings. The van der Waals surface area contributed by atoms with E-state index in [0.29, 0.717) is 21.7 Å². The van der Waals surface area contributed by atoms with Gasteiger partial charge in [-0.2, -0.15) is 5.10 Å². The molecule has 3 N–H and O–H groups in total. The fraction of sp³-hybridized carbons (Fsp3) is 0.0870. The molecular formula is C23H15N5O5S. The number of hydrogen-bond donors (Lipinski definition) is 3. The van der Waals surface area contributed by atoms with Crippen molar-refractivity contribution in [2.45, 2.75) is 12.5 Å². The number of nitrogens with zero attached hydrogens (tertiary/aromatic N) is 3. The summed E-state index contributed by atoms with van der Waals surface area (Å²) in [5, 5.41) is 17.3. The molecule has 0 spiro atoms. The fourth-order valence-corrected chi connectivity index (χ4v) is 5.07. The van der Waals surface area contributed by atoms with E-state index >= 15 is 0 Å². The molecule has 0 saturated heterocycles. The van der Waals surface area contributed by atoms with Gasteiger partial charge in [0.15, 0.2) is 5.43 Å². The standard InChI is InChI=1S/C23H15N5O5S/c29-19-11-5-1-3-7-16(11)33-10-12(19)15-9-14(18-20(30)25-22(32)26-21(18)31)27-28(15)23-24-13-6-2-4-8-17(13)34-23/h1-8,10,15H,9H2,(H3,25,26,30,31,32). The summed E-state index contributed by atoms with van der Waals surface area (Å²) in [5.74, 6) is -0.594. The summed E-state index contributed by atoms with van der Waals surface area (Å²) in [5.41, 5.74) is -0.261. The van der Waals surface area contributed by atoms with Gasteiger partial charge in [0.05, 0.1) is 32.9 Å². The lowest BCUT2D eigenvalue weighted by Gasteiger charge is -2.20. The van der Waals surface area contributed by atoms with Crippen LogP contribution in [0.1, 0.15) is 23.6 Å². The van der Waals surface area contributed by atoms with E-state index in [4.69, 9.17) is 4.42 Å². The van der Waals surface area contributed by atoms with Crippen molar-refractivity contribution < 1.29 is 9.52 Å². The number of aromatic amines is 2. The molecule has 0 aliphatic carbocycles. The maximum atomic E-state index is 13.4. The van der Waals surface area contributed by atoms with Crippen LogP contribution in [0.15, 0.2) is 78.7 Å². The number of benzene rings is 2. The van der Waals surface area contributed by atoms with E-state index in [1.165, 1.54) is 17.6 Å². The van der Waals surface area contributed by atoms with Crippen molar-refractivity contribution in [1.29, 1.82) is 0 Å². The fourth-order valence-electron chi connectivity index (χ4n) is 4.10. The van der Waals surface area contributed by atoms with Gasteiger partial charge in [0.25, 0.3) is 5.56 Å². The van der Waals surface area contributed by atoms with Crippen molar-refractivity contribution in [3.05, 3.63) is 97.0 Å². The largest absolute Gasteiger partial charge is 0.494 e. The van der Waals surface area contributed by atoms with E-state index in [2.05, 4.69) is 20.1 Å². The van der Waals surface area contributed by atoms with Crippen molar-refractivity contribution in [3.63, 3.8) is 0 Å². The quantitative estimate of drug-likeness (QED) is 0.365. The second-order valence-corrected chi connectivity index (χ2v) is 8.73. The summed E-state index contributed by atoms with van der Waals surface area (Å²) in [6.07, 6.45) is 1.49. The summed E-state index contributed by atoms with van der Waals surface area (Å²) < 4.78 is 6.65. The lowest BCUT2D eigenvalue weighted by molar-refractivity contribution is 0.447. The van der Waals surface area contributed by atoms with E-state index in [9.17, 15) is 19.5 Å². The van der Waals surface area contributed by atoms with Crippen LogP contribution in [0.4, 0.5) is 5.13 Å². The Bertz CT molecular complexity index is 1760. The van der Waals surface area contributed by atoms with Crippen molar-refractivity contribution in [1.82, 2.24) is 15.0 Å². The lowest BCUT2D eigenvalue weighted by Crippen LogP contribution is -2.27. The minimum Gasteiger partial charge on any atom is -0.494 e. The Morgan fingerprint density at radius 3 is 2.68 bits per heavy atom. The number of hydrazone groups is 1. The van der Waals surface area contributed by atoms with E-state index in [1.54, 1.807) is 29.3 Å². The Kier molecular flexibility index (Phi) is 4.45. The van der Waals surface area contributed by atoms with Crippen molar-refractivity contribution in [2.24, 2.45) is 5.10 Å². The second-order valence-electron chi connectivity index (χ2n) is 7.72. The molecule has 1 atom stereocenters. The number of fused-ring (bicyclic) bond motifs is 2. The molecule has 0 amide bonds. The highest BCUT2D eigenvalue weighted by Crippen LogP contribution is 2.39. The van der Waals surface area contributed by atoms with Gasteiger partial charge in [-0.3, -0.25) is 19.6 Å². The number of H-pyrrole nitrogens is 2. The number of rotatable bonds is 3. The van der Waals surface area contributed by atoms with Crippen LogP contribution in [-0.2, 0) is 0 Å². The number of thiazole rings is 1. The first-order valence-electron chi connectivity index (χ1n) is 10.3. The Morgan fingerprint density at radius 2 is 1.85 bits per heavy atom. The maximum absolute atomic E-state index is 13.4. The molecule has 0 saturated carbocycles. The van der Waals surface area contributed by atoms with Crippen LogP contribution in [0.2, 0.25) is 0 Å². The Labute approximate surface area is 193 Å². The molecule has 2 aromatic carbocycles. The summed E-state index contributed by atoms with van der Waals surface area (Å²) >= 11 is 1.38. The van der Waals surface area contributed by atoms with Gasteiger partial charge < -0.3 is 9.52 Å². The van der Waals surface area contributed by atoms with E-state index in [1.807, 2.05) is 24.3 Å². The van der Waals surface area contributed by atoms with Gasteiger partial charge in [-0.25, -0.2) is 14.8 Å². The Balaban J connectivity index is 1.55. The number of anilines is 1. The molecule has 11 heteroatoms. The SMILES string of the molecule is O=c1[nH]c(O)c(C2=NN(c3nc4ccccc4s3)C(c3coc4ccccc4c3=O)C2)c(=O)[nH]1. The monoisotopic (exact) mass is 473 g/mol. The van der Waals surface area contributed by atoms with Crippen LogP contribution in [0, 0.1) is 0 Å². The van der Waals surface area contributed by atoms with Crippen LogP contribution in [-0.4, -0.2) is 25.8 Å². The molecule has 34 heavy (non-hydrogen) atoms. The highest BCUT2D eigenvalue weighted by Gasteiger charge is 2.36. The predicted molar refractivity (Wildman–Crippen MR) is 128 cm³/mol. The van der Waals surface area contributed by atoms with Crippen LogP contribution in [0.5, 0.6) is 5.88 Å². The average molecular weight is 473 g/mol. The van der Waals surface area contributed by atoms with Gasteiger partial charge in [-0.1, -0.05) is 35.6 Å². The molecule has 10 nitrogen and oxygen atoms in total. The molecule has 168 valence electrons. The summed E-state index contributed by atoms with van der Waals surface area (Å²) in [7, 11) is 0. The van der Waals surface area contributed by atoms with Crippen LogP contribution in [0.25, 0.3) is 21.2 Å². The summed E-state index contributed by atoms with van der Waals surface area (Å²) in [4.78, 5) is 46.3. The van der Waals surface area contributed by atoms with Gasteiger partial charge in [0, 0.05) is 6.42 Å². The van der Waals surface area contributed by atoms with Crippen molar-refractivity contribution in [2.75, 3.05) is 5.01 Å². The second kappa shape index (κ2) is 7.52. The van der Waals surface area contributed by atoms with Gasteiger partial charge in [0.1, 0.15) is 17.4 Å². The van der Waals surface area contributed by atoms with Crippen LogP contribution < -0.4 is 21.7 Å². The van der Waals surface area contributed by atoms with Crippen LogP contribution in [0.3, 0.4) is 0 Å². The zero-order chi connectivity index (χ0) is 23.4. The highest BCUT2D eigenvalue weighted by molar-refractivity contribution is 7.22. The van der Waals surface area contributed by atoms with E-state index < -0.39 is 23.2 Å². The zero-order valence-electron chi connectivity index (χ0n) is 17.3. The van der Waals surface area contributed by atoms with Gasteiger partial charge in [-0.05, 0) is 24.3 Å². The Morgan fingerprint density at radius 1 is 1.06 bits per heavy atom. The van der Waals surface area contributed by atoms with Gasteiger partial charge >= 0.3 is 5.69 Å². The van der Waals surface area contributed by atoms with Crippen LogP contribution >= 0.6 is 11.3 Å². The average Bonchev–Trinajstić information content (AvgIpc) is 3.43. The van der Waals surface area contributed by atoms with Gasteiger partial charge in [-0.15, -0.1) is 0 Å². The first-order valence-corrected chi connectivity index (χ1v) is 11.1. The Hall–Kier alpha value is -4.51. The lowest BCUT2D eigenvalue weighted by atomic mass is 9.99. The number of nitrogens with one attached hydrogen (secondary N) is 2. The molecule has 5 aromatic rings. The number of hydrogen-bond acceptors (Lipinski definition) is 9. The number of para-hydroxylation sites is 2. The molecule has 1 unspecified atom stereocenters. The normalized spacial score (nSPS) is 15.8. The smallest absolute Gasteiger partial charge is 0.328 e. The molecule has 6 rings (SSSR count). The molecule has 0 radical (unpaired) electrons. The molecular weight excluding hydrogens is 458 g/mol. The third-order valence-corrected chi connectivity index (χ3v) is 6.69. The third-order valence-electron chi connectivity index (χ3n) is 5.67. The molecule has 3 aromatic heterocycles. The van der Waals surface area contributed by atoms with E-state index in [0.717, 1.165) is 10.2 Å². The minimum absolute atomic E-state index is 0.0989. The summed E-state index contributed by atoms with van der Waals surface area (Å²) in [6, 6.07) is 13.8. The predicted octanol–water partition coefficient (Wildman–Crippen LogP) is 2.84. The first-order chi connectivity index (χ1) is 16.5. The van der Waals surface area contributed by atoms with Crippen molar-refractivity contribution in [3.8, 4) is 5.88 Å². The topological polar surface area (TPSA) is 145 Å². The molecule has 0 bridgehead atoms. The number of aromatic nitrogens is 3. The minimum atomic E-state index is -0.834. The third kappa shape index (κ3) is 3.13. The molecule has 4 heterocycles. The highest BCUT2D eigenvalue weighted by atomic mass is 32.1. The molecule has 1 aliphatic heterocycles. The van der Waals surface area contributed by atoms with Crippen molar-refractivity contribution >= 4 is 43.4 Å². The number of aromatic hydroxyl groups is 1. The van der Waals surface area contributed by atoms with E-state index in [-0.39, 0.29) is 23.1 Å². The first kappa shape index (κ1) is 20.1.